The first-order valence-corrected chi connectivity index (χ1v) is 5.65. The molecule has 0 rings (SSSR count). The maximum absolute atomic E-state index is 13.1. The van der Waals surface area contributed by atoms with E-state index >= 15 is 0 Å². The van der Waals surface area contributed by atoms with Gasteiger partial charge >= 0.3 is 33.4 Å². The van der Waals surface area contributed by atoms with Crippen molar-refractivity contribution < 1.29 is 57.6 Å². The minimum Gasteiger partial charge on any atom is -0.284 e. The lowest BCUT2D eigenvalue weighted by Crippen LogP contribution is -2.57. The monoisotopic (exact) mass is 342 g/mol. The van der Waals surface area contributed by atoms with E-state index in [4.69, 9.17) is 4.55 Å². The van der Waals surface area contributed by atoms with Crippen LogP contribution in [0, 0.1) is 0 Å². The highest BCUT2D eigenvalue weighted by Crippen LogP contribution is 2.46. The van der Waals surface area contributed by atoms with Crippen molar-refractivity contribution >= 4 is 10.1 Å². The average Bonchev–Trinajstić information content (AvgIpc) is 2.13. The molecule has 0 aromatic heterocycles. The van der Waals surface area contributed by atoms with Crippen molar-refractivity contribution in [1.82, 2.24) is 0 Å². The highest BCUT2D eigenvalue weighted by Gasteiger charge is 2.72. The molecule has 1 unspecified atom stereocenters. The third-order valence-electron chi connectivity index (χ3n) is 1.74. The number of rotatable bonds is 7. The van der Waals surface area contributed by atoms with Gasteiger partial charge in [-0.05, 0) is 0 Å². The van der Waals surface area contributed by atoms with E-state index in [1.165, 1.54) is 0 Å². The van der Waals surface area contributed by atoms with Crippen molar-refractivity contribution in [1.29, 1.82) is 0 Å². The topological polar surface area (TPSA) is 72.8 Å². The summed E-state index contributed by atoms with van der Waals surface area (Å²) in [6.45, 7) is -2.94. The van der Waals surface area contributed by atoms with E-state index in [-0.39, 0.29) is 0 Å². The molecular weight excluding hydrogens is 336 g/mol. The molecule has 122 valence electrons. The van der Waals surface area contributed by atoms with Crippen molar-refractivity contribution in [2.75, 3.05) is 6.86 Å². The molecule has 0 aromatic carbocycles. The zero-order valence-electron chi connectivity index (χ0n) is 9.22. The van der Waals surface area contributed by atoms with Crippen LogP contribution in [0.5, 0.6) is 0 Å². The van der Waals surface area contributed by atoms with Crippen LogP contribution < -0.4 is 0 Å². The van der Waals surface area contributed by atoms with Crippen molar-refractivity contribution in [2.45, 2.75) is 30.3 Å². The molecule has 0 aliphatic carbocycles. The second-order valence-electron chi connectivity index (χ2n) is 3.30. The molecule has 1 atom stereocenters. The van der Waals surface area contributed by atoms with Gasteiger partial charge in [-0.1, -0.05) is 0 Å². The Balaban J connectivity index is 5.49. The van der Waals surface area contributed by atoms with Gasteiger partial charge in [-0.25, -0.2) is 8.78 Å². The van der Waals surface area contributed by atoms with Gasteiger partial charge in [-0.2, -0.15) is 34.8 Å². The molecule has 0 radical (unpaired) electrons. The Hall–Kier alpha value is -0.730. The van der Waals surface area contributed by atoms with Gasteiger partial charge in [0.1, 0.15) is 0 Å². The van der Waals surface area contributed by atoms with Crippen molar-refractivity contribution in [3.05, 3.63) is 0 Å². The molecule has 0 heterocycles. The molecule has 0 aliphatic rings. The third kappa shape index (κ3) is 3.48. The summed E-state index contributed by atoms with van der Waals surface area (Å²) < 4.78 is 134. The lowest BCUT2D eigenvalue weighted by molar-refractivity contribution is -0.456. The predicted molar refractivity (Wildman–Crippen MR) is 44.0 cm³/mol. The molecule has 0 aliphatic heterocycles. The minimum absolute atomic E-state index is 0.545. The zero-order valence-corrected chi connectivity index (χ0v) is 10.0. The first kappa shape index (κ1) is 19.3. The van der Waals surface area contributed by atoms with Crippen LogP contribution in [0.25, 0.3) is 0 Å². The second-order valence-corrected chi connectivity index (χ2v) is 4.76. The van der Waals surface area contributed by atoms with E-state index in [1.54, 1.807) is 0 Å². The third-order valence-corrected chi connectivity index (χ3v) is 2.62. The summed E-state index contributed by atoms with van der Waals surface area (Å²) >= 11 is 0. The van der Waals surface area contributed by atoms with Crippen LogP contribution in [-0.4, -0.2) is 43.2 Å². The van der Waals surface area contributed by atoms with Crippen LogP contribution in [0.2, 0.25) is 0 Å². The van der Waals surface area contributed by atoms with Gasteiger partial charge in [-0.15, -0.1) is 0 Å². The first-order chi connectivity index (χ1) is 8.52. The number of hydrogen-bond donors (Lipinski definition) is 1. The van der Waals surface area contributed by atoms with E-state index in [2.05, 4.69) is 9.47 Å². The summed E-state index contributed by atoms with van der Waals surface area (Å²) in [6.07, 6.45) is -11.9. The Kier molecular flexibility index (Phi) is 5.04. The summed E-state index contributed by atoms with van der Waals surface area (Å²) in [6, 6.07) is 0. The van der Waals surface area contributed by atoms with Crippen LogP contribution >= 0.6 is 0 Å². The molecule has 14 heteroatoms. The molecule has 0 bridgehead atoms. The molecule has 1 N–H and O–H groups in total. The molecule has 0 spiro atoms. The standard InChI is InChI=1S/C6H6F8O5S/c1-3(8,4(9,10)18-2-7)19-5(11,12)6(13,14)20(15,16)17/h2H2,1H3,(H,15,16,17). The Labute approximate surface area is 106 Å². The lowest BCUT2D eigenvalue weighted by Gasteiger charge is -2.33. The maximum atomic E-state index is 13.1. The lowest BCUT2D eigenvalue weighted by atomic mass is 10.3. The van der Waals surface area contributed by atoms with E-state index in [0.29, 0.717) is 0 Å². The van der Waals surface area contributed by atoms with E-state index in [0.717, 1.165) is 0 Å². The van der Waals surface area contributed by atoms with Crippen molar-refractivity contribution in [2.24, 2.45) is 0 Å². The molecule has 0 saturated heterocycles. The molecular formula is C6H6F8O5S. The fourth-order valence-corrected chi connectivity index (χ4v) is 1.05. The van der Waals surface area contributed by atoms with Crippen LogP contribution in [0.1, 0.15) is 6.92 Å². The molecule has 5 nitrogen and oxygen atoms in total. The zero-order chi connectivity index (χ0) is 16.6. The summed E-state index contributed by atoms with van der Waals surface area (Å²) in [7, 11) is -6.82. The van der Waals surface area contributed by atoms with Gasteiger partial charge in [0.15, 0.2) is 6.86 Å². The van der Waals surface area contributed by atoms with Gasteiger partial charge < -0.3 is 0 Å². The van der Waals surface area contributed by atoms with Gasteiger partial charge in [0.25, 0.3) is 0 Å². The van der Waals surface area contributed by atoms with Crippen LogP contribution in [0.3, 0.4) is 0 Å². The Morgan fingerprint density at radius 3 is 1.70 bits per heavy atom. The van der Waals surface area contributed by atoms with Crippen LogP contribution in [0.4, 0.5) is 35.1 Å². The predicted octanol–water partition coefficient (Wildman–Crippen LogP) is 2.30. The smallest absolute Gasteiger partial charge is 0.284 e. The van der Waals surface area contributed by atoms with Crippen molar-refractivity contribution in [3.63, 3.8) is 0 Å². The maximum Gasteiger partial charge on any atom is 0.460 e. The first-order valence-electron chi connectivity index (χ1n) is 4.21. The quantitative estimate of drug-likeness (QED) is 0.568. The molecule has 0 saturated carbocycles. The number of halogens is 8. The van der Waals surface area contributed by atoms with Gasteiger partial charge in [0.2, 0.25) is 0 Å². The molecule has 0 amide bonds. The number of hydrogen-bond acceptors (Lipinski definition) is 4. The largest absolute Gasteiger partial charge is 0.460 e. The van der Waals surface area contributed by atoms with E-state index in [9.17, 15) is 43.5 Å². The van der Waals surface area contributed by atoms with Crippen LogP contribution in [-0.2, 0) is 19.6 Å². The number of alkyl halides is 8. The minimum atomic E-state index is -6.82. The summed E-state index contributed by atoms with van der Waals surface area (Å²) in [5.74, 6) is -5.04. The van der Waals surface area contributed by atoms with Gasteiger partial charge in [-0.3, -0.25) is 14.0 Å². The summed E-state index contributed by atoms with van der Waals surface area (Å²) in [4.78, 5) is 0. The normalized spacial score (nSPS) is 17.9. The van der Waals surface area contributed by atoms with E-state index < -0.39 is 47.2 Å². The van der Waals surface area contributed by atoms with Gasteiger partial charge in [0, 0.05) is 6.92 Å². The highest BCUT2D eigenvalue weighted by molar-refractivity contribution is 7.86. The summed E-state index contributed by atoms with van der Waals surface area (Å²) in [5.41, 5.74) is 0. The molecule has 20 heavy (non-hydrogen) atoms. The Morgan fingerprint density at radius 2 is 1.40 bits per heavy atom. The second kappa shape index (κ2) is 5.23. The number of ether oxygens (including phenoxy) is 2. The van der Waals surface area contributed by atoms with Crippen molar-refractivity contribution in [3.8, 4) is 0 Å². The van der Waals surface area contributed by atoms with E-state index in [1.807, 2.05) is 0 Å². The SMILES string of the molecule is CC(F)(OC(F)(F)C(F)(F)S(=O)(=O)O)C(F)(F)OCF. The average molecular weight is 342 g/mol. The fourth-order valence-electron chi connectivity index (χ4n) is 0.707. The Bertz CT molecular complexity index is 446. The molecule has 0 aromatic rings. The Morgan fingerprint density at radius 1 is 1.00 bits per heavy atom. The molecule has 0 fully saturated rings. The fraction of sp³-hybridized carbons (Fsp3) is 1.00. The van der Waals surface area contributed by atoms with Gasteiger partial charge in [0.05, 0.1) is 0 Å². The van der Waals surface area contributed by atoms with Crippen LogP contribution in [0.15, 0.2) is 0 Å². The highest BCUT2D eigenvalue weighted by atomic mass is 32.2. The summed E-state index contributed by atoms with van der Waals surface area (Å²) in [5, 5.41) is -6.45.